The molecule has 0 unspecified atom stereocenters. The van der Waals surface area contributed by atoms with Crippen molar-refractivity contribution in [3.63, 3.8) is 0 Å². The molecule has 2 aromatic rings. The maximum atomic E-state index is 5.98. The minimum absolute atomic E-state index is 0.753. The van der Waals surface area contributed by atoms with Crippen LogP contribution >= 0.6 is 11.8 Å². The van der Waals surface area contributed by atoms with E-state index in [1.807, 2.05) is 24.3 Å². The Bertz CT molecular complexity index is 520. The lowest BCUT2D eigenvalue weighted by molar-refractivity contribution is 0.712. The van der Waals surface area contributed by atoms with Crippen molar-refractivity contribution in [3.05, 3.63) is 35.7 Å². The highest BCUT2D eigenvalue weighted by atomic mass is 32.2. The van der Waals surface area contributed by atoms with E-state index in [-0.39, 0.29) is 0 Å². The summed E-state index contributed by atoms with van der Waals surface area (Å²) in [6, 6.07) is 7.82. The Labute approximate surface area is 117 Å². The topological polar surface area (TPSA) is 82.8 Å². The first-order valence-corrected chi connectivity index (χ1v) is 7.36. The average molecular weight is 277 g/mol. The molecular weight excluding hydrogens is 258 g/mol. The first-order chi connectivity index (χ1) is 9.20. The molecule has 0 saturated heterocycles. The van der Waals surface area contributed by atoms with Crippen LogP contribution in [0.1, 0.15) is 31.2 Å². The fourth-order valence-corrected chi connectivity index (χ4v) is 2.50. The molecule has 1 aromatic heterocycles. The lowest BCUT2D eigenvalue weighted by atomic mass is 10.2. The number of nitrogens with zero attached hydrogens (tertiary/aromatic N) is 3. The summed E-state index contributed by atoms with van der Waals surface area (Å²) in [6.45, 7) is 2.15. The summed E-state index contributed by atoms with van der Waals surface area (Å²) in [5.41, 5.74) is 7.62. The highest BCUT2D eigenvalue weighted by Crippen LogP contribution is 2.21. The Kier molecular flexibility index (Phi) is 4.68. The number of nitrogens with two attached hydrogens (primary N) is 2. The Hall–Kier alpha value is -1.69. The molecule has 5 nitrogen and oxygen atoms in total. The summed E-state index contributed by atoms with van der Waals surface area (Å²) >= 11 is 1.58. The molecule has 0 aliphatic heterocycles. The third-order valence-corrected chi connectivity index (χ3v) is 3.85. The number of thioether (sulfide) groups is 1. The van der Waals surface area contributed by atoms with E-state index in [2.05, 4.69) is 17.1 Å². The highest BCUT2D eigenvalue weighted by Gasteiger charge is 2.09. The van der Waals surface area contributed by atoms with Gasteiger partial charge < -0.3 is 11.6 Å². The molecule has 0 aliphatic rings. The van der Waals surface area contributed by atoms with Crippen molar-refractivity contribution in [1.82, 2.24) is 14.9 Å². The molecular formula is C13H19N5S. The van der Waals surface area contributed by atoms with E-state index >= 15 is 0 Å². The van der Waals surface area contributed by atoms with Gasteiger partial charge in [0.25, 0.3) is 0 Å². The number of aryl methyl sites for hydroxylation is 1. The molecule has 102 valence electrons. The van der Waals surface area contributed by atoms with Crippen LogP contribution in [0.5, 0.6) is 0 Å². The number of hydrogen-bond donors (Lipinski definition) is 2. The smallest absolute Gasteiger partial charge is 0.210 e. The van der Waals surface area contributed by atoms with Crippen LogP contribution in [0.25, 0.3) is 0 Å². The predicted octanol–water partition coefficient (Wildman–Crippen LogP) is 2.21. The fraction of sp³-hybridized carbons (Fsp3) is 0.385. The molecule has 6 heteroatoms. The van der Waals surface area contributed by atoms with Crippen molar-refractivity contribution in [2.45, 2.75) is 37.1 Å². The van der Waals surface area contributed by atoms with Gasteiger partial charge in [0.1, 0.15) is 0 Å². The number of benzene rings is 1. The number of anilines is 1. The SMILES string of the molecule is CCCCc1nnc(SCc2ccc(N)cc2)n1N. The van der Waals surface area contributed by atoms with Crippen LogP contribution in [-0.4, -0.2) is 14.9 Å². The zero-order valence-corrected chi connectivity index (χ0v) is 11.9. The van der Waals surface area contributed by atoms with Crippen molar-refractivity contribution in [2.75, 3.05) is 11.6 Å². The summed E-state index contributed by atoms with van der Waals surface area (Å²) in [7, 11) is 0. The molecule has 0 saturated carbocycles. The first-order valence-electron chi connectivity index (χ1n) is 6.37. The molecule has 1 heterocycles. The fourth-order valence-electron chi connectivity index (χ4n) is 1.67. The van der Waals surface area contributed by atoms with Crippen LogP contribution in [0.4, 0.5) is 5.69 Å². The monoisotopic (exact) mass is 277 g/mol. The number of hydrogen-bond acceptors (Lipinski definition) is 5. The number of aromatic nitrogens is 3. The van der Waals surface area contributed by atoms with Crippen molar-refractivity contribution < 1.29 is 0 Å². The molecule has 0 amide bonds. The van der Waals surface area contributed by atoms with Gasteiger partial charge in [-0.05, 0) is 24.1 Å². The molecule has 0 atom stereocenters. The minimum atomic E-state index is 0.753. The molecule has 0 radical (unpaired) electrons. The van der Waals surface area contributed by atoms with Gasteiger partial charge in [-0.3, -0.25) is 0 Å². The van der Waals surface area contributed by atoms with Crippen LogP contribution in [0, 0.1) is 0 Å². The second-order valence-corrected chi connectivity index (χ2v) is 5.35. The lowest BCUT2D eigenvalue weighted by Crippen LogP contribution is -2.14. The standard InChI is InChI=1S/C13H19N5S/c1-2-3-4-12-16-17-13(18(12)15)19-9-10-5-7-11(14)8-6-10/h5-8H,2-4,9,14-15H2,1H3. The van der Waals surface area contributed by atoms with Crippen molar-refractivity contribution in [3.8, 4) is 0 Å². The number of rotatable bonds is 6. The molecule has 19 heavy (non-hydrogen) atoms. The third-order valence-electron chi connectivity index (χ3n) is 2.84. The van der Waals surface area contributed by atoms with Gasteiger partial charge in [0, 0.05) is 17.9 Å². The molecule has 0 bridgehead atoms. The number of unbranched alkanes of at least 4 members (excludes halogenated alkanes) is 1. The third kappa shape index (κ3) is 3.64. The molecule has 2 rings (SSSR count). The van der Waals surface area contributed by atoms with E-state index < -0.39 is 0 Å². The van der Waals surface area contributed by atoms with Crippen LogP contribution in [-0.2, 0) is 12.2 Å². The maximum Gasteiger partial charge on any atom is 0.210 e. The van der Waals surface area contributed by atoms with E-state index in [0.29, 0.717) is 0 Å². The average Bonchev–Trinajstić information content (AvgIpc) is 2.77. The van der Waals surface area contributed by atoms with Crippen LogP contribution in [0.15, 0.2) is 29.4 Å². The summed E-state index contributed by atoms with van der Waals surface area (Å²) in [4.78, 5) is 0. The Morgan fingerprint density at radius 3 is 2.63 bits per heavy atom. The molecule has 1 aromatic carbocycles. The Morgan fingerprint density at radius 1 is 1.21 bits per heavy atom. The van der Waals surface area contributed by atoms with Gasteiger partial charge in [-0.2, -0.15) is 0 Å². The summed E-state index contributed by atoms with van der Waals surface area (Å²) in [6.07, 6.45) is 3.08. The lowest BCUT2D eigenvalue weighted by Gasteiger charge is -2.03. The van der Waals surface area contributed by atoms with Gasteiger partial charge in [-0.15, -0.1) is 10.2 Å². The van der Waals surface area contributed by atoms with Crippen molar-refractivity contribution >= 4 is 17.4 Å². The summed E-state index contributed by atoms with van der Waals surface area (Å²) < 4.78 is 1.59. The summed E-state index contributed by atoms with van der Waals surface area (Å²) in [5, 5.41) is 9.01. The predicted molar refractivity (Wildman–Crippen MR) is 79.2 cm³/mol. The van der Waals surface area contributed by atoms with Crippen molar-refractivity contribution in [2.24, 2.45) is 0 Å². The maximum absolute atomic E-state index is 5.98. The zero-order valence-electron chi connectivity index (χ0n) is 11.0. The van der Waals surface area contributed by atoms with E-state index in [1.54, 1.807) is 16.4 Å². The minimum Gasteiger partial charge on any atom is -0.399 e. The van der Waals surface area contributed by atoms with Crippen LogP contribution in [0.2, 0.25) is 0 Å². The van der Waals surface area contributed by atoms with E-state index in [1.165, 1.54) is 5.56 Å². The molecule has 4 N–H and O–H groups in total. The van der Waals surface area contributed by atoms with E-state index in [9.17, 15) is 0 Å². The van der Waals surface area contributed by atoms with Gasteiger partial charge in [-0.25, -0.2) is 4.68 Å². The number of nitrogen functional groups attached to an aromatic ring is 2. The summed E-state index contributed by atoms with van der Waals surface area (Å²) in [5.74, 6) is 7.64. The van der Waals surface area contributed by atoms with Gasteiger partial charge >= 0.3 is 0 Å². The zero-order chi connectivity index (χ0) is 13.7. The van der Waals surface area contributed by atoms with Crippen molar-refractivity contribution in [1.29, 1.82) is 0 Å². The van der Waals surface area contributed by atoms with Gasteiger partial charge in [0.15, 0.2) is 5.82 Å². The first kappa shape index (κ1) is 13.7. The van der Waals surface area contributed by atoms with Gasteiger partial charge in [-0.1, -0.05) is 37.2 Å². The van der Waals surface area contributed by atoms with E-state index in [0.717, 1.165) is 41.7 Å². The molecule has 0 spiro atoms. The molecule has 0 fully saturated rings. The normalized spacial score (nSPS) is 10.8. The quantitative estimate of drug-likeness (QED) is 0.480. The van der Waals surface area contributed by atoms with Crippen LogP contribution < -0.4 is 11.6 Å². The van der Waals surface area contributed by atoms with Gasteiger partial charge in [0.2, 0.25) is 5.16 Å². The Balaban J connectivity index is 1.96. The second-order valence-electron chi connectivity index (χ2n) is 4.40. The Morgan fingerprint density at radius 2 is 1.95 bits per heavy atom. The molecule has 0 aliphatic carbocycles. The largest absolute Gasteiger partial charge is 0.399 e. The van der Waals surface area contributed by atoms with Crippen LogP contribution in [0.3, 0.4) is 0 Å². The van der Waals surface area contributed by atoms with Gasteiger partial charge in [0.05, 0.1) is 0 Å². The second kappa shape index (κ2) is 6.47. The van der Waals surface area contributed by atoms with E-state index in [4.69, 9.17) is 11.6 Å². The highest BCUT2D eigenvalue weighted by molar-refractivity contribution is 7.98.